The van der Waals surface area contributed by atoms with Gasteiger partial charge < -0.3 is 5.32 Å². The first kappa shape index (κ1) is 10.6. The van der Waals surface area contributed by atoms with Crippen LogP contribution in [0.15, 0.2) is 0 Å². The van der Waals surface area contributed by atoms with Crippen LogP contribution in [0.3, 0.4) is 0 Å². The van der Waals surface area contributed by atoms with E-state index in [4.69, 9.17) is 0 Å². The van der Waals surface area contributed by atoms with Crippen molar-refractivity contribution in [3.05, 3.63) is 0 Å². The van der Waals surface area contributed by atoms with Gasteiger partial charge in [0, 0.05) is 45.2 Å². The average molecular weight is 216 g/mol. The van der Waals surface area contributed by atoms with E-state index in [1.807, 2.05) is 6.92 Å². The van der Waals surface area contributed by atoms with Gasteiger partial charge >= 0.3 is 0 Å². The second-order valence-corrected chi connectivity index (χ2v) is 2.99. The van der Waals surface area contributed by atoms with Crippen LogP contribution in [-0.2, 0) is 37.5 Å². The molecule has 0 unspecified atom stereocenters. The van der Waals surface area contributed by atoms with Crippen LogP contribution in [0.2, 0.25) is 0 Å². The molecule has 1 N–H and O–H groups in total. The SMILES string of the molecule is CNC(=O)C1(C)CCC1.[Y]. The predicted molar refractivity (Wildman–Crippen MR) is 36.0 cm³/mol. The van der Waals surface area contributed by atoms with E-state index in [2.05, 4.69) is 5.32 Å². The van der Waals surface area contributed by atoms with E-state index in [9.17, 15) is 4.79 Å². The van der Waals surface area contributed by atoms with Crippen LogP contribution in [0.1, 0.15) is 26.2 Å². The largest absolute Gasteiger partial charge is 0.359 e. The van der Waals surface area contributed by atoms with E-state index in [0.29, 0.717) is 0 Å². The molecule has 1 aliphatic rings. The molecule has 0 spiro atoms. The van der Waals surface area contributed by atoms with Crippen molar-refractivity contribution < 1.29 is 37.5 Å². The smallest absolute Gasteiger partial charge is 0.225 e. The number of carbonyl (C=O) groups excluding carboxylic acids is 1. The molecule has 1 amide bonds. The minimum atomic E-state index is -0.0191. The Morgan fingerprint density at radius 3 is 2.10 bits per heavy atom. The minimum absolute atomic E-state index is 0. The molecule has 0 aromatic carbocycles. The summed E-state index contributed by atoms with van der Waals surface area (Å²) in [5, 5.41) is 2.67. The van der Waals surface area contributed by atoms with Crippen LogP contribution in [0.4, 0.5) is 0 Å². The summed E-state index contributed by atoms with van der Waals surface area (Å²) in [6, 6.07) is 0. The number of hydrogen-bond acceptors (Lipinski definition) is 1. The normalized spacial score (nSPS) is 20.2. The average Bonchev–Trinajstić information content (AvgIpc) is 1.81. The van der Waals surface area contributed by atoms with Gasteiger partial charge in [0.2, 0.25) is 5.91 Å². The molecule has 1 rings (SSSR count). The zero-order valence-corrected chi connectivity index (χ0v) is 9.45. The first-order valence-corrected chi connectivity index (χ1v) is 3.41. The van der Waals surface area contributed by atoms with Gasteiger partial charge in [0.1, 0.15) is 0 Å². The summed E-state index contributed by atoms with van der Waals surface area (Å²) >= 11 is 0. The Balaban J connectivity index is 0.000000810. The zero-order chi connectivity index (χ0) is 6.91. The van der Waals surface area contributed by atoms with Gasteiger partial charge in [0.05, 0.1) is 0 Å². The maximum atomic E-state index is 11.0. The number of nitrogens with one attached hydrogen (secondary N) is 1. The van der Waals surface area contributed by atoms with E-state index in [1.54, 1.807) is 7.05 Å². The second kappa shape index (κ2) is 3.82. The van der Waals surface area contributed by atoms with Gasteiger partial charge in [0.25, 0.3) is 0 Å². The molecule has 0 saturated heterocycles. The summed E-state index contributed by atoms with van der Waals surface area (Å²) in [5.41, 5.74) is -0.0191. The van der Waals surface area contributed by atoms with Crippen LogP contribution in [0, 0.1) is 5.41 Å². The summed E-state index contributed by atoms with van der Waals surface area (Å²) in [6.45, 7) is 2.02. The van der Waals surface area contributed by atoms with Crippen LogP contribution < -0.4 is 5.32 Å². The van der Waals surface area contributed by atoms with Crippen LogP contribution in [0.25, 0.3) is 0 Å². The Bertz CT molecular complexity index is 132. The summed E-state index contributed by atoms with van der Waals surface area (Å²) in [7, 11) is 1.70. The third-order valence-electron chi connectivity index (χ3n) is 2.23. The second-order valence-electron chi connectivity index (χ2n) is 2.99. The quantitative estimate of drug-likeness (QED) is 0.693. The van der Waals surface area contributed by atoms with Gasteiger partial charge in [-0.25, -0.2) is 0 Å². The van der Waals surface area contributed by atoms with Crippen molar-refractivity contribution in [2.45, 2.75) is 26.2 Å². The predicted octanol–water partition coefficient (Wildman–Crippen LogP) is 0.920. The molecule has 0 atom stereocenters. The van der Waals surface area contributed by atoms with E-state index in [1.165, 1.54) is 6.42 Å². The van der Waals surface area contributed by atoms with Gasteiger partial charge in [-0.1, -0.05) is 13.3 Å². The van der Waals surface area contributed by atoms with Crippen molar-refractivity contribution in [1.82, 2.24) is 5.32 Å². The fraction of sp³-hybridized carbons (Fsp3) is 0.857. The molecule has 0 bridgehead atoms. The Hall–Kier alpha value is 0.574. The number of hydrogen-bond donors (Lipinski definition) is 1. The van der Waals surface area contributed by atoms with E-state index in [-0.39, 0.29) is 44.0 Å². The van der Waals surface area contributed by atoms with Crippen molar-refractivity contribution in [2.24, 2.45) is 5.41 Å². The maximum Gasteiger partial charge on any atom is 0.225 e. The van der Waals surface area contributed by atoms with E-state index in [0.717, 1.165) is 12.8 Å². The first-order chi connectivity index (χ1) is 4.19. The van der Waals surface area contributed by atoms with E-state index >= 15 is 0 Å². The van der Waals surface area contributed by atoms with Gasteiger partial charge in [-0.2, -0.15) is 0 Å². The molecular weight excluding hydrogens is 203 g/mol. The number of carbonyl (C=O) groups is 1. The Labute approximate surface area is 87.0 Å². The number of amides is 1. The van der Waals surface area contributed by atoms with Gasteiger partial charge in [0.15, 0.2) is 0 Å². The molecule has 10 heavy (non-hydrogen) atoms. The topological polar surface area (TPSA) is 29.1 Å². The fourth-order valence-corrected chi connectivity index (χ4v) is 1.24. The molecule has 1 radical (unpaired) electrons. The summed E-state index contributed by atoms with van der Waals surface area (Å²) in [5.74, 6) is 0.203. The third kappa shape index (κ3) is 1.79. The molecule has 3 heteroatoms. The molecule has 0 aromatic heterocycles. The van der Waals surface area contributed by atoms with Crippen molar-refractivity contribution >= 4 is 5.91 Å². The van der Waals surface area contributed by atoms with Crippen molar-refractivity contribution in [1.29, 1.82) is 0 Å². The van der Waals surface area contributed by atoms with Crippen molar-refractivity contribution in [3.8, 4) is 0 Å². The minimum Gasteiger partial charge on any atom is -0.359 e. The molecule has 0 aliphatic heterocycles. The van der Waals surface area contributed by atoms with Crippen LogP contribution in [-0.4, -0.2) is 13.0 Å². The molecule has 1 saturated carbocycles. The maximum absolute atomic E-state index is 11.0. The Morgan fingerprint density at radius 2 is 2.00 bits per heavy atom. The monoisotopic (exact) mass is 216 g/mol. The molecule has 1 fully saturated rings. The van der Waals surface area contributed by atoms with Crippen LogP contribution >= 0.6 is 0 Å². The zero-order valence-electron chi connectivity index (χ0n) is 6.61. The third-order valence-corrected chi connectivity index (χ3v) is 2.23. The first-order valence-electron chi connectivity index (χ1n) is 3.41. The van der Waals surface area contributed by atoms with Gasteiger partial charge in [-0.05, 0) is 12.8 Å². The molecule has 0 heterocycles. The van der Waals surface area contributed by atoms with Crippen molar-refractivity contribution in [3.63, 3.8) is 0 Å². The molecule has 55 valence electrons. The van der Waals surface area contributed by atoms with Crippen LogP contribution in [0.5, 0.6) is 0 Å². The summed E-state index contributed by atoms with van der Waals surface area (Å²) < 4.78 is 0. The summed E-state index contributed by atoms with van der Waals surface area (Å²) in [4.78, 5) is 11.0. The van der Waals surface area contributed by atoms with Crippen molar-refractivity contribution in [2.75, 3.05) is 7.05 Å². The van der Waals surface area contributed by atoms with Gasteiger partial charge in [-0.15, -0.1) is 0 Å². The molecule has 1 aliphatic carbocycles. The molecule has 2 nitrogen and oxygen atoms in total. The Morgan fingerprint density at radius 1 is 1.50 bits per heavy atom. The standard InChI is InChI=1S/C7H13NO.Y/c1-7(4-3-5-7)6(9)8-2;/h3-5H2,1-2H3,(H,8,9);. The van der Waals surface area contributed by atoms with Gasteiger partial charge in [-0.3, -0.25) is 4.79 Å². The van der Waals surface area contributed by atoms with E-state index < -0.39 is 0 Å². The Kier molecular flexibility index (Phi) is 4.04. The number of rotatable bonds is 1. The fourth-order valence-electron chi connectivity index (χ4n) is 1.24. The summed E-state index contributed by atoms with van der Waals surface area (Å²) in [6.07, 6.45) is 3.34. The molecular formula is C7H13NOY. The molecule has 0 aromatic rings.